The number of nitrogens with zero attached hydrogens (tertiary/aromatic N) is 2. The van der Waals surface area contributed by atoms with Crippen LogP contribution in [0.3, 0.4) is 0 Å². The SMILES string of the molecule is Cc1cc(C)nc(Nc2ccc3c(c2)OC(F)(F)O3)n1. The molecule has 7 heteroatoms. The van der Waals surface area contributed by atoms with Crippen molar-refractivity contribution >= 4 is 11.6 Å². The Morgan fingerprint density at radius 2 is 1.65 bits per heavy atom. The van der Waals surface area contributed by atoms with Crippen molar-refractivity contribution in [3.05, 3.63) is 35.7 Å². The number of rotatable bonds is 2. The first-order chi connectivity index (χ1) is 9.41. The molecule has 1 aliphatic heterocycles. The summed E-state index contributed by atoms with van der Waals surface area (Å²) in [7, 11) is 0. The average Bonchev–Trinajstić information content (AvgIpc) is 2.60. The number of alkyl halides is 2. The number of benzene rings is 1. The van der Waals surface area contributed by atoms with Gasteiger partial charge in [0.05, 0.1) is 0 Å². The number of aryl methyl sites for hydroxylation is 2. The lowest BCUT2D eigenvalue weighted by Crippen LogP contribution is -2.25. The molecular formula is C13H11F2N3O2. The molecule has 0 saturated carbocycles. The lowest BCUT2D eigenvalue weighted by atomic mass is 10.3. The van der Waals surface area contributed by atoms with Crippen molar-refractivity contribution in [2.24, 2.45) is 0 Å². The maximum atomic E-state index is 12.9. The van der Waals surface area contributed by atoms with Crippen molar-refractivity contribution in [3.8, 4) is 11.5 Å². The number of hydrogen-bond donors (Lipinski definition) is 1. The smallest absolute Gasteiger partial charge is 0.395 e. The van der Waals surface area contributed by atoms with E-state index in [1.54, 1.807) is 6.07 Å². The summed E-state index contributed by atoms with van der Waals surface area (Å²) in [6, 6.07) is 6.24. The number of halogens is 2. The van der Waals surface area contributed by atoms with Gasteiger partial charge in [0.2, 0.25) is 5.95 Å². The van der Waals surface area contributed by atoms with Crippen LogP contribution in [0.5, 0.6) is 11.5 Å². The molecule has 2 heterocycles. The van der Waals surface area contributed by atoms with E-state index in [0.717, 1.165) is 11.4 Å². The van der Waals surface area contributed by atoms with Crippen molar-refractivity contribution in [2.45, 2.75) is 20.1 Å². The number of hydrogen-bond acceptors (Lipinski definition) is 5. The minimum absolute atomic E-state index is 0.00175. The fourth-order valence-electron chi connectivity index (χ4n) is 1.94. The Morgan fingerprint density at radius 1 is 1.00 bits per heavy atom. The number of aromatic nitrogens is 2. The molecule has 1 aliphatic rings. The molecule has 0 saturated heterocycles. The van der Waals surface area contributed by atoms with E-state index in [1.165, 1.54) is 12.1 Å². The summed E-state index contributed by atoms with van der Waals surface area (Å²) in [5.41, 5.74) is 2.16. The Balaban J connectivity index is 1.86. The number of fused-ring (bicyclic) bond motifs is 1. The zero-order valence-corrected chi connectivity index (χ0v) is 10.8. The molecule has 20 heavy (non-hydrogen) atoms. The highest BCUT2D eigenvalue weighted by Crippen LogP contribution is 2.42. The van der Waals surface area contributed by atoms with Crippen LogP contribution in [-0.2, 0) is 0 Å². The van der Waals surface area contributed by atoms with Crippen molar-refractivity contribution in [2.75, 3.05) is 5.32 Å². The molecule has 0 bridgehead atoms. The van der Waals surface area contributed by atoms with Gasteiger partial charge in [-0.15, -0.1) is 8.78 Å². The van der Waals surface area contributed by atoms with E-state index in [9.17, 15) is 8.78 Å². The highest BCUT2D eigenvalue weighted by atomic mass is 19.3. The average molecular weight is 279 g/mol. The Kier molecular flexibility index (Phi) is 2.70. The molecule has 5 nitrogen and oxygen atoms in total. The lowest BCUT2D eigenvalue weighted by molar-refractivity contribution is -0.286. The summed E-state index contributed by atoms with van der Waals surface area (Å²) < 4.78 is 34.5. The summed E-state index contributed by atoms with van der Waals surface area (Å²) >= 11 is 0. The lowest BCUT2D eigenvalue weighted by Gasteiger charge is -2.07. The van der Waals surface area contributed by atoms with E-state index >= 15 is 0 Å². The highest BCUT2D eigenvalue weighted by molar-refractivity contribution is 5.60. The molecule has 0 radical (unpaired) electrons. The predicted octanol–water partition coefficient (Wildman–Crippen LogP) is 3.16. The van der Waals surface area contributed by atoms with E-state index in [4.69, 9.17) is 0 Å². The third kappa shape index (κ3) is 2.47. The zero-order valence-electron chi connectivity index (χ0n) is 10.8. The molecule has 2 aromatic rings. The van der Waals surface area contributed by atoms with Gasteiger partial charge in [0, 0.05) is 23.1 Å². The normalized spacial score (nSPS) is 15.2. The molecule has 0 fully saturated rings. The molecule has 0 atom stereocenters. The third-order valence-electron chi connectivity index (χ3n) is 2.64. The molecule has 3 rings (SSSR count). The Labute approximate surface area is 113 Å². The van der Waals surface area contributed by atoms with Crippen molar-refractivity contribution in [1.82, 2.24) is 9.97 Å². The van der Waals surface area contributed by atoms with Crippen LogP contribution in [-0.4, -0.2) is 16.3 Å². The van der Waals surface area contributed by atoms with Crippen LogP contribution in [0.2, 0.25) is 0 Å². The monoisotopic (exact) mass is 279 g/mol. The largest absolute Gasteiger partial charge is 0.586 e. The summed E-state index contributed by atoms with van der Waals surface area (Å²) in [6.45, 7) is 3.69. The van der Waals surface area contributed by atoms with E-state index in [1.807, 2.05) is 19.9 Å². The third-order valence-corrected chi connectivity index (χ3v) is 2.64. The molecule has 0 unspecified atom stereocenters. The van der Waals surface area contributed by atoms with Crippen LogP contribution >= 0.6 is 0 Å². The second kappa shape index (κ2) is 4.29. The standard InChI is InChI=1S/C13H11F2N3O2/c1-7-5-8(2)17-12(16-7)18-9-3-4-10-11(6-9)20-13(14,15)19-10/h3-6H,1-2H3,(H,16,17,18). The maximum Gasteiger partial charge on any atom is 0.586 e. The number of anilines is 2. The molecule has 1 N–H and O–H groups in total. The van der Waals surface area contributed by atoms with Crippen molar-refractivity contribution in [3.63, 3.8) is 0 Å². The summed E-state index contributed by atoms with van der Waals surface area (Å²) in [5.74, 6) is 0.374. The van der Waals surface area contributed by atoms with E-state index in [0.29, 0.717) is 11.6 Å². The first kappa shape index (κ1) is 12.6. The predicted molar refractivity (Wildman–Crippen MR) is 67.4 cm³/mol. The fourth-order valence-corrected chi connectivity index (χ4v) is 1.94. The van der Waals surface area contributed by atoms with E-state index < -0.39 is 6.29 Å². The van der Waals surface area contributed by atoms with Crippen LogP contribution in [0.1, 0.15) is 11.4 Å². The zero-order chi connectivity index (χ0) is 14.3. The van der Waals surface area contributed by atoms with Gasteiger partial charge in [-0.1, -0.05) is 0 Å². The Bertz CT molecular complexity index is 656. The summed E-state index contributed by atoms with van der Waals surface area (Å²) in [6.07, 6.45) is -3.61. The Hall–Kier alpha value is -2.44. The number of ether oxygens (including phenoxy) is 2. The molecule has 0 spiro atoms. The van der Waals surface area contributed by atoms with E-state index in [2.05, 4.69) is 24.8 Å². The van der Waals surface area contributed by atoms with Gasteiger partial charge in [-0.05, 0) is 32.0 Å². The van der Waals surface area contributed by atoms with Gasteiger partial charge in [-0.25, -0.2) is 9.97 Å². The topological polar surface area (TPSA) is 56.3 Å². The summed E-state index contributed by atoms with van der Waals surface area (Å²) in [4.78, 5) is 8.42. The first-order valence-corrected chi connectivity index (χ1v) is 5.90. The highest BCUT2D eigenvalue weighted by Gasteiger charge is 2.43. The Morgan fingerprint density at radius 3 is 2.35 bits per heavy atom. The second-order valence-corrected chi connectivity index (χ2v) is 4.43. The molecule has 104 valence electrons. The number of nitrogens with one attached hydrogen (secondary N) is 1. The van der Waals surface area contributed by atoms with Crippen LogP contribution in [0.25, 0.3) is 0 Å². The van der Waals surface area contributed by atoms with Crippen LogP contribution in [0.15, 0.2) is 24.3 Å². The summed E-state index contributed by atoms with van der Waals surface area (Å²) in [5, 5.41) is 2.94. The minimum atomic E-state index is -3.61. The molecule has 0 amide bonds. The molecule has 1 aromatic carbocycles. The van der Waals surface area contributed by atoms with Gasteiger partial charge < -0.3 is 14.8 Å². The van der Waals surface area contributed by atoms with Crippen LogP contribution in [0, 0.1) is 13.8 Å². The van der Waals surface area contributed by atoms with E-state index in [-0.39, 0.29) is 11.5 Å². The van der Waals surface area contributed by atoms with Crippen molar-refractivity contribution < 1.29 is 18.3 Å². The van der Waals surface area contributed by atoms with Gasteiger partial charge in [0.1, 0.15) is 0 Å². The quantitative estimate of drug-likeness (QED) is 0.915. The minimum Gasteiger partial charge on any atom is -0.395 e. The van der Waals surface area contributed by atoms with Gasteiger partial charge in [0.25, 0.3) is 0 Å². The molecular weight excluding hydrogens is 268 g/mol. The first-order valence-electron chi connectivity index (χ1n) is 5.90. The molecule has 1 aromatic heterocycles. The van der Waals surface area contributed by atoms with Gasteiger partial charge in [-0.3, -0.25) is 0 Å². The van der Waals surface area contributed by atoms with Gasteiger partial charge >= 0.3 is 6.29 Å². The second-order valence-electron chi connectivity index (χ2n) is 4.43. The fraction of sp³-hybridized carbons (Fsp3) is 0.231. The van der Waals surface area contributed by atoms with Crippen molar-refractivity contribution in [1.29, 1.82) is 0 Å². The molecule has 0 aliphatic carbocycles. The van der Waals surface area contributed by atoms with Crippen LogP contribution in [0.4, 0.5) is 20.4 Å². The van der Waals surface area contributed by atoms with Gasteiger partial charge in [0.15, 0.2) is 11.5 Å². The maximum absolute atomic E-state index is 12.9. The van der Waals surface area contributed by atoms with Gasteiger partial charge in [-0.2, -0.15) is 0 Å². The van der Waals surface area contributed by atoms with Crippen LogP contribution < -0.4 is 14.8 Å².